The summed E-state index contributed by atoms with van der Waals surface area (Å²) in [6.07, 6.45) is 7.43. The Hall–Kier alpha value is -3.01. The van der Waals surface area contributed by atoms with Gasteiger partial charge in [-0.3, -0.25) is 14.5 Å². The molecule has 0 fully saturated rings. The topological polar surface area (TPSA) is 43.6 Å². The molecule has 0 aliphatic heterocycles. The SMILES string of the molecule is c1ccc(-c2ccc(-n3ccc4cccnc43)cn2)nc1. The van der Waals surface area contributed by atoms with E-state index >= 15 is 0 Å². The molecule has 0 amide bonds. The second-order valence-corrected chi connectivity index (χ2v) is 4.72. The van der Waals surface area contributed by atoms with E-state index in [4.69, 9.17) is 0 Å². The standard InChI is InChI=1S/C17H12N4/c1-2-9-18-15(5-1)16-7-6-14(12-20-16)21-11-8-13-4-3-10-19-17(13)21/h1-12H. The largest absolute Gasteiger partial charge is 0.300 e. The van der Waals surface area contributed by atoms with Crippen molar-refractivity contribution < 1.29 is 0 Å². The van der Waals surface area contributed by atoms with Crippen LogP contribution in [0.2, 0.25) is 0 Å². The fourth-order valence-corrected chi connectivity index (χ4v) is 2.37. The van der Waals surface area contributed by atoms with Crippen molar-refractivity contribution in [2.45, 2.75) is 0 Å². The number of rotatable bonds is 2. The third-order valence-corrected chi connectivity index (χ3v) is 3.40. The molecular weight excluding hydrogens is 260 g/mol. The zero-order chi connectivity index (χ0) is 14.1. The van der Waals surface area contributed by atoms with Crippen LogP contribution in [0.15, 0.2) is 73.3 Å². The summed E-state index contributed by atoms with van der Waals surface area (Å²) in [4.78, 5) is 13.2. The predicted molar refractivity (Wildman–Crippen MR) is 82.1 cm³/mol. The van der Waals surface area contributed by atoms with Crippen LogP contribution in [-0.2, 0) is 0 Å². The van der Waals surface area contributed by atoms with Crippen LogP contribution in [0.5, 0.6) is 0 Å². The number of pyridine rings is 3. The first-order chi connectivity index (χ1) is 10.4. The van der Waals surface area contributed by atoms with Crippen molar-refractivity contribution in [2.24, 2.45) is 0 Å². The molecule has 0 aliphatic rings. The van der Waals surface area contributed by atoms with Crippen LogP contribution in [0, 0.1) is 0 Å². The smallest absolute Gasteiger partial charge is 0.144 e. The summed E-state index contributed by atoms with van der Waals surface area (Å²) in [6.45, 7) is 0. The van der Waals surface area contributed by atoms with Crippen LogP contribution in [0.4, 0.5) is 0 Å². The second kappa shape index (κ2) is 4.83. The highest BCUT2D eigenvalue weighted by Crippen LogP contribution is 2.20. The van der Waals surface area contributed by atoms with Gasteiger partial charge in [-0.2, -0.15) is 0 Å². The van der Waals surface area contributed by atoms with Gasteiger partial charge in [-0.25, -0.2) is 4.98 Å². The van der Waals surface area contributed by atoms with Crippen molar-refractivity contribution in [3.05, 3.63) is 73.3 Å². The fourth-order valence-electron chi connectivity index (χ4n) is 2.37. The summed E-state index contributed by atoms with van der Waals surface area (Å²) < 4.78 is 2.03. The van der Waals surface area contributed by atoms with Gasteiger partial charge in [0.2, 0.25) is 0 Å². The van der Waals surface area contributed by atoms with Gasteiger partial charge in [0.25, 0.3) is 0 Å². The molecule has 0 unspecified atom stereocenters. The minimum Gasteiger partial charge on any atom is -0.300 e. The van der Waals surface area contributed by atoms with Crippen LogP contribution in [0.3, 0.4) is 0 Å². The van der Waals surface area contributed by atoms with Crippen molar-refractivity contribution in [3.63, 3.8) is 0 Å². The molecule has 0 N–H and O–H groups in total. The number of aromatic nitrogens is 4. The second-order valence-electron chi connectivity index (χ2n) is 4.72. The zero-order valence-electron chi connectivity index (χ0n) is 11.2. The number of fused-ring (bicyclic) bond motifs is 1. The summed E-state index contributed by atoms with van der Waals surface area (Å²) in [6, 6.07) is 15.9. The molecule has 4 nitrogen and oxygen atoms in total. The molecule has 0 spiro atoms. The van der Waals surface area contributed by atoms with E-state index in [1.165, 1.54) is 0 Å². The summed E-state index contributed by atoms with van der Waals surface area (Å²) in [7, 11) is 0. The maximum atomic E-state index is 4.50. The first-order valence-electron chi connectivity index (χ1n) is 6.72. The molecule has 4 aromatic rings. The van der Waals surface area contributed by atoms with E-state index in [-0.39, 0.29) is 0 Å². The molecule has 4 aromatic heterocycles. The first-order valence-corrected chi connectivity index (χ1v) is 6.72. The van der Waals surface area contributed by atoms with Crippen LogP contribution in [-0.4, -0.2) is 19.5 Å². The van der Waals surface area contributed by atoms with E-state index < -0.39 is 0 Å². The lowest BCUT2D eigenvalue weighted by Gasteiger charge is -2.05. The lowest BCUT2D eigenvalue weighted by Crippen LogP contribution is -1.95. The zero-order valence-corrected chi connectivity index (χ0v) is 11.2. The van der Waals surface area contributed by atoms with Crippen LogP contribution >= 0.6 is 0 Å². The van der Waals surface area contributed by atoms with E-state index in [0.717, 1.165) is 28.1 Å². The van der Waals surface area contributed by atoms with Crippen molar-refractivity contribution in [3.8, 4) is 17.1 Å². The van der Waals surface area contributed by atoms with Crippen molar-refractivity contribution in [1.29, 1.82) is 0 Å². The Morgan fingerprint density at radius 2 is 1.62 bits per heavy atom. The maximum Gasteiger partial charge on any atom is 0.144 e. The van der Waals surface area contributed by atoms with Gasteiger partial charge in [-0.15, -0.1) is 0 Å². The van der Waals surface area contributed by atoms with Gasteiger partial charge in [-0.1, -0.05) is 6.07 Å². The molecule has 0 aromatic carbocycles. The number of nitrogens with zero attached hydrogens (tertiary/aromatic N) is 4. The third kappa shape index (κ3) is 2.07. The predicted octanol–water partition coefficient (Wildman–Crippen LogP) is 3.48. The van der Waals surface area contributed by atoms with E-state index in [9.17, 15) is 0 Å². The molecule has 0 bridgehead atoms. The highest BCUT2D eigenvalue weighted by molar-refractivity contribution is 5.77. The molecule has 21 heavy (non-hydrogen) atoms. The molecule has 4 rings (SSSR count). The Kier molecular flexibility index (Phi) is 2.71. The summed E-state index contributed by atoms with van der Waals surface area (Å²) in [5.74, 6) is 0. The quantitative estimate of drug-likeness (QED) is 0.561. The van der Waals surface area contributed by atoms with E-state index in [2.05, 4.69) is 27.1 Å². The summed E-state index contributed by atoms with van der Waals surface area (Å²) in [5.41, 5.74) is 3.66. The highest BCUT2D eigenvalue weighted by Gasteiger charge is 2.05. The van der Waals surface area contributed by atoms with Gasteiger partial charge in [0.1, 0.15) is 5.65 Å². The Balaban J connectivity index is 1.77. The number of hydrogen-bond donors (Lipinski definition) is 0. The van der Waals surface area contributed by atoms with E-state index in [0.29, 0.717) is 0 Å². The van der Waals surface area contributed by atoms with Crippen LogP contribution < -0.4 is 0 Å². The van der Waals surface area contributed by atoms with Crippen LogP contribution in [0.1, 0.15) is 0 Å². The Labute approximate surface area is 121 Å². The van der Waals surface area contributed by atoms with Gasteiger partial charge in [0.15, 0.2) is 0 Å². The summed E-state index contributed by atoms with van der Waals surface area (Å²) in [5, 5.41) is 1.12. The minimum absolute atomic E-state index is 0.865. The van der Waals surface area contributed by atoms with Crippen molar-refractivity contribution in [2.75, 3.05) is 0 Å². The summed E-state index contributed by atoms with van der Waals surface area (Å²) >= 11 is 0. The fraction of sp³-hybridized carbons (Fsp3) is 0. The molecule has 0 aliphatic carbocycles. The minimum atomic E-state index is 0.865. The highest BCUT2D eigenvalue weighted by atomic mass is 15.0. The maximum absolute atomic E-state index is 4.50. The molecule has 0 radical (unpaired) electrons. The van der Waals surface area contributed by atoms with E-state index in [1.54, 1.807) is 12.4 Å². The van der Waals surface area contributed by atoms with Crippen LogP contribution in [0.25, 0.3) is 28.1 Å². The van der Waals surface area contributed by atoms with Gasteiger partial charge < -0.3 is 0 Å². The molecule has 0 atom stereocenters. The number of hydrogen-bond acceptors (Lipinski definition) is 3. The average Bonchev–Trinajstić information content (AvgIpc) is 3.00. The third-order valence-electron chi connectivity index (χ3n) is 3.40. The first kappa shape index (κ1) is 11.8. The van der Waals surface area contributed by atoms with Gasteiger partial charge >= 0.3 is 0 Å². The lowest BCUT2D eigenvalue weighted by atomic mass is 10.2. The van der Waals surface area contributed by atoms with Gasteiger partial charge in [0.05, 0.1) is 23.3 Å². The normalized spacial score (nSPS) is 10.9. The monoisotopic (exact) mass is 272 g/mol. The average molecular weight is 272 g/mol. The van der Waals surface area contributed by atoms with Crippen molar-refractivity contribution in [1.82, 2.24) is 19.5 Å². The molecule has 4 heterocycles. The van der Waals surface area contributed by atoms with E-state index in [1.807, 2.05) is 53.4 Å². The Bertz CT molecular complexity index is 879. The van der Waals surface area contributed by atoms with Gasteiger partial charge in [-0.05, 0) is 42.5 Å². The molecule has 100 valence electrons. The molecular formula is C17H12N4. The molecule has 0 saturated heterocycles. The molecule has 4 heteroatoms. The Morgan fingerprint density at radius 3 is 2.43 bits per heavy atom. The molecule has 0 saturated carbocycles. The van der Waals surface area contributed by atoms with Gasteiger partial charge in [0, 0.05) is 24.0 Å². The Morgan fingerprint density at radius 1 is 0.714 bits per heavy atom. The van der Waals surface area contributed by atoms with Crippen molar-refractivity contribution >= 4 is 11.0 Å². The lowest BCUT2D eigenvalue weighted by molar-refractivity contribution is 1.07.